The lowest BCUT2D eigenvalue weighted by atomic mass is 10.2. The first-order valence-electron chi connectivity index (χ1n) is 7.51. The first kappa shape index (κ1) is 20.2. The number of thioether (sulfide) groups is 1. The maximum Gasteiger partial charge on any atom is 0.261 e. The number of rotatable bonds is 6. The number of amides is 1. The molecule has 1 aromatic heterocycles. The number of carbonyl (C=O) groups is 1. The van der Waals surface area contributed by atoms with Gasteiger partial charge in [0.15, 0.2) is 4.34 Å². The Morgan fingerprint density at radius 3 is 2.70 bits per heavy atom. The number of ether oxygens (including phenoxy) is 1. The predicted octanol–water partition coefficient (Wildman–Crippen LogP) is 6.05. The number of aromatic nitrogens is 2. The molecule has 27 heavy (non-hydrogen) atoms. The van der Waals surface area contributed by atoms with E-state index >= 15 is 0 Å². The van der Waals surface area contributed by atoms with Gasteiger partial charge in [-0.1, -0.05) is 64.0 Å². The Hall–Kier alpha value is -1.51. The molecule has 3 rings (SSSR count). The molecule has 0 atom stereocenters. The van der Waals surface area contributed by atoms with Crippen LogP contribution in [0.3, 0.4) is 0 Å². The van der Waals surface area contributed by atoms with Crippen LogP contribution in [0.5, 0.6) is 5.75 Å². The fourth-order valence-electron chi connectivity index (χ4n) is 2.12. The van der Waals surface area contributed by atoms with Crippen molar-refractivity contribution in [3.8, 4) is 5.75 Å². The number of halogens is 3. The molecular formula is C17H12Cl3N3O2S2. The summed E-state index contributed by atoms with van der Waals surface area (Å²) in [6.07, 6.45) is 0. The number of hydrogen-bond acceptors (Lipinski definition) is 6. The first-order chi connectivity index (χ1) is 13.0. The van der Waals surface area contributed by atoms with E-state index in [1.54, 1.807) is 18.2 Å². The van der Waals surface area contributed by atoms with Crippen LogP contribution >= 0.6 is 57.9 Å². The highest BCUT2D eigenvalue weighted by molar-refractivity contribution is 8.00. The molecule has 0 unspecified atom stereocenters. The Morgan fingerprint density at radius 2 is 1.96 bits per heavy atom. The minimum atomic E-state index is -0.369. The van der Waals surface area contributed by atoms with Crippen LogP contribution in [0.4, 0.5) is 5.13 Å². The third kappa shape index (κ3) is 5.27. The Morgan fingerprint density at radius 1 is 1.15 bits per heavy atom. The fraction of sp³-hybridized carbons (Fsp3) is 0.118. The topological polar surface area (TPSA) is 64.1 Å². The molecule has 0 spiro atoms. The fourth-order valence-corrected chi connectivity index (χ4v) is 4.30. The molecule has 0 aliphatic carbocycles. The number of nitrogens with zero attached hydrogens (tertiary/aromatic N) is 2. The summed E-state index contributed by atoms with van der Waals surface area (Å²) in [5, 5.41) is 12.6. The van der Waals surface area contributed by atoms with E-state index in [-0.39, 0.29) is 5.91 Å². The summed E-state index contributed by atoms with van der Waals surface area (Å²) >= 11 is 20.7. The smallest absolute Gasteiger partial charge is 0.261 e. The van der Waals surface area contributed by atoms with Gasteiger partial charge < -0.3 is 4.74 Å². The molecular weight excluding hydrogens is 449 g/mol. The van der Waals surface area contributed by atoms with E-state index in [4.69, 9.17) is 39.5 Å². The lowest BCUT2D eigenvalue weighted by molar-refractivity contribution is 0.102. The van der Waals surface area contributed by atoms with Gasteiger partial charge in [-0.15, -0.1) is 10.2 Å². The van der Waals surface area contributed by atoms with E-state index in [0.29, 0.717) is 37.3 Å². The van der Waals surface area contributed by atoms with Crippen molar-refractivity contribution in [2.45, 2.75) is 10.1 Å². The lowest BCUT2D eigenvalue weighted by Gasteiger charge is -2.07. The van der Waals surface area contributed by atoms with Crippen LogP contribution in [0.15, 0.2) is 40.7 Å². The minimum Gasteiger partial charge on any atom is -0.496 e. The summed E-state index contributed by atoms with van der Waals surface area (Å²) in [7, 11) is 1.49. The molecule has 0 saturated carbocycles. The van der Waals surface area contributed by atoms with Crippen molar-refractivity contribution in [1.82, 2.24) is 10.2 Å². The van der Waals surface area contributed by atoms with Crippen LogP contribution < -0.4 is 10.1 Å². The molecule has 2 aromatic carbocycles. The molecule has 0 fully saturated rings. The van der Waals surface area contributed by atoms with E-state index in [9.17, 15) is 4.79 Å². The number of carbonyl (C=O) groups excluding carboxylic acids is 1. The third-order valence-corrected chi connectivity index (χ3v) is 6.40. The van der Waals surface area contributed by atoms with Crippen molar-refractivity contribution >= 4 is 68.9 Å². The predicted molar refractivity (Wildman–Crippen MR) is 112 cm³/mol. The molecule has 0 saturated heterocycles. The van der Waals surface area contributed by atoms with Crippen molar-refractivity contribution in [2.24, 2.45) is 0 Å². The number of hydrogen-bond donors (Lipinski definition) is 1. The van der Waals surface area contributed by atoms with Crippen molar-refractivity contribution < 1.29 is 9.53 Å². The van der Waals surface area contributed by atoms with Crippen LogP contribution in [0.25, 0.3) is 0 Å². The monoisotopic (exact) mass is 459 g/mol. The molecule has 10 heteroatoms. The van der Waals surface area contributed by atoms with Gasteiger partial charge in [-0.3, -0.25) is 10.1 Å². The van der Waals surface area contributed by atoms with Crippen LogP contribution in [0.2, 0.25) is 15.1 Å². The molecule has 3 aromatic rings. The van der Waals surface area contributed by atoms with Crippen LogP contribution in [-0.2, 0) is 5.75 Å². The van der Waals surface area contributed by atoms with E-state index in [0.717, 1.165) is 9.90 Å². The van der Waals surface area contributed by atoms with E-state index in [2.05, 4.69) is 15.5 Å². The summed E-state index contributed by atoms with van der Waals surface area (Å²) in [4.78, 5) is 12.5. The Kier molecular flexibility index (Phi) is 6.83. The van der Waals surface area contributed by atoms with Gasteiger partial charge in [-0.05, 0) is 35.9 Å². The number of methoxy groups -OCH3 is 1. The zero-order chi connectivity index (χ0) is 19.4. The number of benzene rings is 2. The zero-order valence-electron chi connectivity index (χ0n) is 13.8. The summed E-state index contributed by atoms with van der Waals surface area (Å²) < 4.78 is 5.91. The average Bonchev–Trinajstić information content (AvgIpc) is 3.10. The summed E-state index contributed by atoms with van der Waals surface area (Å²) in [5.41, 5.74) is 1.34. The molecule has 1 amide bonds. The van der Waals surface area contributed by atoms with E-state index < -0.39 is 0 Å². The molecule has 5 nitrogen and oxygen atoms in total. The van der Waals surface area contributed by atoms with Crippen LogP contribution in [0.1, 0.15) is 15.9 Å². The molecule has 0 bridgehead atoms. The summed E-state index contributed by atoms with van der Waals surface area (Å²) in [5.74, 6) is 0.712. The summed E-state index contributed by atoms with van der Waals surface area (Å²) in [6, 6.07) is 10.3. The normalized spacial score (nSPS) is 10.7. The van der Waals surface area contributed by atoms with E-state index in [1.807, 2.05) is 12.1 Å². The second-order valence-electron chi connectivity index (χ2n) is 5.21. The molecule has 140 valence electrons. The molecule has 0 radical (unpaired) electrons. The quantitative estimate of drug-likeness (QED) is 0.358. The Bertz CT molecular complexity index is 982. The second-order valence-corrected chi connectivity index (χ2v) is 8.66. The van der Waals surface area contributed by atoms with Crippen molar-refractivity contribution in [1.29, 1.82) is 0 Å². The highest BCUT2D eigenvalue weighted by Gasteiger charge is 2.15. The van der Waals surface area contributed by atoms with Gasteiger partial charge >= 0.3 is 0 Å². The zero-order valence-corrected chi connectivity index (χ0v) is 17.7. The maximum absolute atomic E-state index is 12.5. The maximum atomic E-state index is 12.5. The Balaban J connectivity index is 1.64. The van der Waals surface area contributed by atoms with Gasteiger partial charge in [0.25, 0.3) is 5.91 Å². The molecule has 0 aliphatic rings. The SMILES string of the molecule is COc1ccc(Cl)cc1C(=O)Nc1nnc(SCc2ccc(Cl)c(Cl)c2)s1. The average molecular weight is 461 g/mol. The van der Waals surface area contributed by atoms with Crippen LogP contribution in [-0.4, -0.2) is 23.2 Å². The van der Waals surface area contributed by atoms with Gasteiger partial charge in [0.1, 0.15) is 5.75 Å². The minimum absolute atomic E-state index is 0.324. The van der Waals surface area contributed by atoms with Gasteiger partial charge in [0, 0.05) is 10.8 Å². The van der Waals surface area contributed by atoms with E-state index in [1.165, 1.54) is 36.3 Å². The molecule has 1 heterocycles. The number of nitrogens with one attached hydrogen (secondary N) is 1. The van der Waals surface area contributed by atoms with Gasteiger partial charge in [0.05, 0.1) is 22.7 Å². The molecule has 1 N–H and O–H groups in total. The highest BCUT2D eigenvalue weighted by Crippen LogP contribution is 2.31. The third-order valence-electron chi connectivity index (χ3n) is 3.38. The van der Waals surface area contributed by atoms with Crippen molar-refractivity contribution in [2.75, 3.05) is 12.4 Å². The first-order valence-corrected chi connectivity index (χ1v) is 10.4. The van der Waals surface area contributed by atoms with Crippen LogP contribution in [0, 0.1) is 0 Å². The Labute approximate surface area is 179 Å². The highest BCUT2D eigenvalue weighted by atomic mass is 35.5. The molecule has 0 aliphatic heterocycles. The largest absolute Gasteiger partial charge is 0.496 e. The lowest BCUT2D eigenvalue weighted by Crippen LogP contribution is -2.13. The van der Waals surface area contributed by atoms with Gasteiger partial charge in [0.2, 0.25) is 5.13 Å². The van der Waals surface area contributed by atoms with Crippen molar-refractivity contribution in [3.05, 3.63) is 62.6 Å². The standard InChI is InChI=1S/C17H12Cl3N3O2S2/c1-25-14-5-3-10(18)7-11(14)15(24)21-16-22-23-17(27-16)26-8-9-2-4-12(19)13(20)6-9/h2-7H,8H2,1H3,(H,21,22,24). The van der Waals surface area contributed by atoms with Crippen molar-refractivity contribution in [3.63, 3.8) is 0 Å². The number of anilines is 1. The van der Waals surface area contributed by atoms with Gasteiger partial charge in [-0.2, -0.15) is 0 Å². The van der Waals surface area contributed by atoms with Gasteiger partial charge in [-0.25, -0.2) is 0 Å². The second kappa shape index (κ2) is 9.12. The summed E-state index contributed by atoms with van der Waals surface area (Å²) in [6.45, 7) is 0.